The molecule has 0 aliphatic heterocycles. The molecular formula is C27H24N2O5. The van der Waals surface area contributed by atoms with E-state index in [9.17, 15) is 14.7 Å². The molecule has 3 aromatic carbocycles. The number of carbonyl (C=O) groups is 2. The van der Waals surface area contributed by atoms with Gasteiger partial charge < -0.3 is 19.5 Å². The fourth-order valence-electron chi connectivity index (χ4n) is 3.75. The van der Waals surface area contributed by atoms with E-state index in [0.29, 0.717) is 33.7 Å². The van der Waals surface area contributed by atoms with E-state index in [-0.39, 0.29) is 12.5 Å². The van der Waals surface area contributed by atoms with Crippen LogP contribution in [0.2, 0.25) is 0 Å². The van der Waals surface area contributed by atoms with Crippen molar-refractivity contribution in [1.29, 1.82) is 0 Å². The van der Waals surface area contributed by atoms with Crippen LogP contribution < -0.4 is 9.47 Å². The zero-order valence-corrected chi connectivity index (χ0v) is 18.9. The van der Waals surface area contributed by atoms with Gasteiger partial charge in [-0.15, -0.1) is 0 Å². The van der Waals surface area contributed by atoms with Crippen LogP contribution in [0.15, 0.2) is 78.9 Å². The Bertz CT molecular complexity index is 1320. The summed E-state index contributed by atoms with van der Waals surface area (Å²) in [4.78, 5) is 31.4. The molecule has 7 heteroatoms. The molecule has 0 radical (unpaired) electrons. The molecule has 1 heterocycles. The van der Waals surface area contributed by atoms with E-state index in [1.807, 2.05) is 60.7 Å². The summed E-state index contributed by atoms with van der Waals surface area (Å²) in [5, 5.41) is 10.2. The highest BCUT2D eigenvalue weighted by Crippen LogP contribution is 2.27. The summed E-state index contributed by atoms with van der Waals surface area (Å²) in [5.41, 5.74) is 3.28. The summed E-state index contributed by atoms with van der Waals surface area (Å²) in [6.45, 7) is -0.289. The molecule has 4 aromatic rings. The van der Waals surface area contributed by atoms with Gasteiger partial charge in [0.05, 0.1) is 31.0 Å². The van der Waals surface area contributed by atoms with Gasteiger partial charge in [0.25, 0.3) is 5.91 Å². The lowest BCUT2D eigenvalue weighted by molar-refractivity contribution is -0.137. The number of rotatable bonds is 8. The number of aromatic nitrogens is 1. The maximum atomic E-state index is 13.7. The standard InChI is InChI=1S/C27H24N2O5/c1-33-20-11-7-18(8-12-20)16-29(17-26(30)31)27(32)23-15-25(19-9-13-21(34-2)14-10-19)28-24-6-4-3-5-22(23)24/h3-15H,16-17H2,1-2H3,(H,30,31). The number of carboxylic acids is 1. The molecule has 172 valence electrons. The lowest BCUT2D eigenvalue weighted by Gasteiger charge is -2.22. The predicted molar refractivity (Wildman–Crippen MR) is 129 cm³/mol. The smallest absolute Gasteiger partial charge is 0.323 e. The number of hydrogen-bond acceptors (Lipinski definition) is 5. The Kier molecular flexibility index (Phi) is 6.73. The van der Waals surface area contributed by atoms with E-state index >= 15 is 0 Å². The van der Waals surface area contributed by atoms with Crippen LogP contribution in [-0.2, 0) is 11.3 Å². The van der Waals surface area contributed by atoms with Gasteiger partial charge in [0.15, 0.2) is 0 Å². The molecule has 0 saturated heterocycles. The third-order valence-corrected chi connectivity index (χ3v) is 5.48. The number of methoxy groups -OCH3 is 2. The minimum absolute atomic E-state index is 0.143. The number of pyridine rings is 1. The Balaban J connectivity index is 1.76. The van der Waals surface area contributed by atoms with Crippen LogP contribution >= 0.6 is 0 Å². The van der Waals surface area contributed by atoms with Crippen molar-refractivity contribution in [3.8, 4) is 22.8 Å². The molecule has 0 aliphatic rings. The number of para-hydroxylation sites is 1. The third kappa shape index (κ3) is 4.99. The number of carbonyl (C=O) groups excluding carboxylic acids is 1. The summed E-state index contributed by atoms with van der Waals surface area (Å²) in [5.74, 6) is -0.0701. The van der Waals surface area contributed by atoms with Gasteiger partial charge in [0.1, 0.15) is 18.0 Å². The normalized spacial score (nSPS) is 10.6. The summed E-state index contributed by atoms with van der Waals surface area (Å²) in [6.07, 6.45) is 0. The maximum Gasteiger partial charge on any atom is 0.323 e. The second-order valence-corrected chi connectivity index (χ2v) is 7.70. The lowest BCUT2D eigenvalue weighted by atomic mass is 10.0. The second-order valence-electron chi connectivity index (χ2n) is 7.70. The topological polar surface area (TPSA) is 89.0 Å². The maximum absolute atomic E-state index is 13.7. The van der Waals surface area contributed by atoms with Gasteiger partial charge in [-0.1, -0.05) is 30.3 Å². The van der Waals surface area contributed by atoms with Crippen LogP contribution in [0.25, 0.3) is 22.2 Å². The quantitative estimate of drug-likeness (QED) is 0.415. The number of benzene rings is 3. The van der Waals surface area contributed by atoms with Crippen LogP contribution in [0.3, 0.4) is 0 Å². The highest BCUT2D eigenvalue weighted by Gasteiger charge is 2.22. The highest BCUT2D eigenvalue weighted by molar-refractivity contribution is 6.07. The number of aliphatic carboxylic acids is 1. The Morgan fingerprint density at radius 2 is 1.50 bits per heavy atom. The fraction of sp³-hybridized carbons (Fsp3) is 0.148. The van der Waals surface area contributed by atoms with E-state index in [1.54, 1.807) is 32.4 Å². The van der Waals surface area contributed by atoms with Crippen molar-refractivity contribution in [2.45, 2.75) is 6.54 Å². The Labute approximate surface area is 197 Å². The van der Waals surface area contributed by atoms with Crippen molar-refractivity contribution in [3.05, 3.63) is 90.0 Å². The summed E-state index contributed by atoms with van der Waals surface area (Å²) < 4.78 is 10.4. The lowest BCUT2D eigenvalue weighted by Crippen LogP contribution is -2.35. The minimum atomic E-state index is -1.09. The van der Waals surface area contributed by atoms with Crippen molar-refractivity contribution in [2.75, 3.05) is 20.8 Å². The first kappa shape index (κ1) is 22.8. The van der Waals surface area contributed by atoms with Gasteiger partial charge >= 0.3 is 5.97 Å². The van der Waals surface area contributed by atoms with Crippen LogP contribution in [0.5, 0.6) is 11.5 Å². The van der Waals surface area contributed by atoms with Gasteiger partial charge in [0.2, 0.25) is 0 Å². The average Bonchev–Trinajstić information content (AvgIpc) is 2.87. The number of nitrogens with zero attached hydrogens (tertiary/aromatic N) is 2. The van der Waals surface area contributed by atoms with Crippen LogP contribution in [0.4, 0.5) is 0 Å². The van der Waals surface area contributed by atoms with E-state index in [2.05, 4.69) is 0 Å². The minimum Gasteiger partial charge on any atom is -0.497 e. The first-order valence-electron chi connectivity index (χ1n) is 10.7. The van der Waals surface area contributed by atoms with Gasteiger partial charge in [-0.2, -0.15) is 0 Å². The molecule has 0 bridgehead atoms. The van der Waals surface area contributed by atoms with Gasteiger partial charge in [0, 0.05) is 17.5 Å². The molecule has 0 unspecified atom stereocenters. The van der Waals surface area contributed by atoms with E-state index in [0.717, 1.165) is 11.1 Å². The van der Waals surface area contributed by atoms with E-state index < -0.39 is 12.5 Å². The Hall–Kier alpha value is -4.39. The van der Waals surface area contributed by atoms with Gasteiger partial charge in [-0.25, -0.2) is 4.98 Å². The van der Waals surface area contributed by atoms with Crippen LogP contribution in [0, 0.1) is 0 Å². The zero-order chi connectivity index (χ0) is 24.1. The van der Waals surface area contributed by atoms with Crippen molar-refractivity contribution in [3.63, 3.8) is 0 Å². The largest absolute Gasteiger partial charge is 0.497 e. The molecule has 1 N–H and O–H groups in total. The summed E-state index contributed by atoms with van der Waals surface area (Å²) in [6, 6.07) is 23.6. The number of amides is 1. The Morgan fingerprint density at radius 3 is 2.12 bits per heavy atom. The first-order valence-corrected chi connectivity index (χ1v) is 10.7. The zero-order valence-electron chi connectivity index (χ0n) is 18.9. The molecule has 1 amide bonds. The second kappa shape index (κ2) is 10.0. The highest BCUT2D eigenvalue weighted by atomic mass is 16.5. The molecule has 0 saturated carbocycles. The SMILES string of the molecule is COc1ccc(CN(CC(=O)O)C(=O)c2cc(-c3ccc(OC)cc3)nc3ccccc23)cc1. The summed E-state index contributed by atoms with van der Waals surface area (Å²) >= 11 is 0. The van der Waals surface area contributed by atoms with Crippen LogP contribution in [0.1, 0.15) is 15.9 Å². The van der Waals surface area contributed by atoms with Crippen LogP contribution in [-0.4, -0.2) is 47.6 Å². The number of fused-ring (bicyclic) bond motifs is 1. The average molecular weight is 456 g/mol. The summed E-state index contributed by atoms with van der Waals surface area (Å²) in [7, 11) is 3.17. The number of hydrogen-bond donors (Lipinski definition) is 1. The fourth-order valence-corrected chi connectivity index (χ4v) is 3.75. The molecule has 0 fully saturated rings. The molecule has 1 aromatic heterocycles. The van der Waals surface area contributed by atoms with Crippen molar-refractivity contribution in [1.82, 2.24) is 9.88 Å². The molecule has 0 aliphatic carbocycles. The van der Waals surface area contributed by atoms with E-state index in [1.165, 1.54) is 4.90 Å². The third-order valence-electron chi connectivity index (χ3n) is 5.48. The molecular weight excluding hydrogens is 432 g/mol. The molecule has 34 heavy (non-hydrogen) atoms. The van der Waals surface area contributed by atoms with Crippen molar-refractivity contribution >= 4 is 22.8 Å². The monoisotopic (exact) mass is 456 g/mol. The van der Waals surface area contributed by atoms with Crippen molar-refractivity contribution in [2.24, 2.45) is 0 Å². The first-order chi connectivity index (χ1) is 16.5. The molecule has 7 nitrogen and oxygen atoms in total. The molecule has 0 atom stereocenters. The number of carboxylic acid groups (broad SMARTS) is 1. The predicted octanol–water partition coefficient (Wildman–Crippen LogP) is 4.65. The molecule has 0 spiro atoms. The van der Waals surface area contributed by atoms with E-state index in [4.69, 9.17) is 14.5 Å². The molecule has 4 rings (SSSR count). The van der Waals surface area contributed by atoms with Crippen molar-refractivity contribution < 1.29 is 24.2 Å². The van der Waals surface area contributed by atoms with Gasteiger partial charge in [-0.05, 0) is 54.1 Å². The Morgan fingerprint density at radius 1 is 0.882 bits per heavy atom. The number of ether oxygens (including phenoxy) is 2. The van der Waals surface area contributed by atoms with Gasteiger partial charge in [-0.3, -0.25) is 9.59 Å².